The summed E-state index contributed by atoms with van der Waals surface area (Å²) in [7, 11) is 0. The Kier molecular flexibility index (Phi) is 4.94. The van der Waals surface area contributed by atoms with Crippen LogP contribution in [0.1, 0.15) is 31.0 Å². The Morgan fingerprint density at radius 3 is 2.21 bits per heavy atom. The summed E-state index contributed by atoms with van der Waals surface area (Å²) in [5.41, 5.74) is -1.11. The van der Waals surface area contributed by atoms with Gasteiger partial charge in [0, 0.05) is 0 Å². The molecule has 0 saturated heterocycles. The lowest BCUT2D eigenvalue weighted by molar-refractivity contribution is -0.145. The molecule has 0 amide bonds. The second kappa shape index (κ2) is 6.06. The first-order valence-electron chi connectivity index (χ1n) is 5.95. The van der Waals surface area contributed by atoms with Crippen molar-refractivity contribution in [2.45, 2.75) is 26.1 Å². The van der Waals surface area contributed by atoms with Crippen molar-refractivity contribution in [3.8, 4) is 0 Å². The first-order chi connectivity index (χ1) is 8.82. The van der Waals surface area contributed by atoms with Crippen molar-refractivity contribution in [2.24, 2.45) is 0 Å². The van der Waals surface area contributed by atoms with E-state index in [1.54, 1.807) is 13.8 Å². The number of hydrogen-bond acceptors (Lipinski definition) is 2. The molecule has 1 N–H and O–H groups in total. The highest BCUT2D eigenvalue weighted by Crippen LogP contribution is 2.36. The number of aliphatic carboxylic acids is 1. The fraction of sp³-hybridized carbons (Fsp3) is 0.462. The fourth-order valence-electron chi connectivity index (χ4n) is 2.07. The third-order valence-electron chi connectivity index (χ3n) is 2.97. The van der Waals surface area contributed by atoms with Gasteiger partial charge in [-0.2, -0.15) is 13.2 Å². The maximum absolute atomic E-state index is 12.9. The van der Waals surface area contributed by atoms with E-state index >= 15 is 0 Å². The summed E-state index contributed by atoms with van der Waals surface area (Å²) in [4.78, 5) is 12.8. The van der Waals surface area contributed by atoms with E-state index in [2.05, 4.69) is 0 Å². The molecule has 0 spiro atoms. The first-order valence-corrected chi connectivity index (χ1v) is 5.95. The molecule has 3 nitrogen and oxygen atoms in total. The topological polar surface area (TPSA) is 40.5 Å². The molecule has 0 saturated carbocycles. The monoisotopic (exact) mass is 275 g/mol. The Hall–Kier alpha value is -1.56. The molecule has 19 heavy (non-hydrogen) atoms. The zero-order valence-corrected chi connectivity index (χ0v) is 10.7. The third kappa shape index (κ3) is 3.47. The van der Waals surface area contributed by atoms with Gasteiger partial charge in [0.1, 0.15) is 6.04 Å². The maximum atomic E-state index is 12.9. The lowest BCUT2D eigenvalue weighted by Crippen LogP contribution is -2.35. The van der Waals surface area contributed by atoms with Crippen LogP contribution in [0.15, 0.2) is 24.3 Å². The van der Waals surface area contributed by atoms with Gasteiger partial charge in [-0.25, -0.2) is 0 Å². The molecule has 1 aromatic rings. The number of carboxylic acids is 1. The highest BCUT2D eigenvalue weighted by molar-refractivity contribution is 5.76. The zero-order valence-electron chi connectivity index (χ0n) is 10.7. The minimum atomic E-state index is -4.56. The van der Waals surface area contributed by atoms with Crippen LogP contribution >= 0.6 is 0 Å². The Balaban J connectivity index is 3.35. The molecule has 1 atom stereocenters. The van der Waals surface area contributed by atoms with Gasteiger partial charge in [-0.3, -0.25) is 9.69 Å². The number of benzene rings is 1. The molecule has 0 aliphatic heterocycles. The van der Waals surface area contributed by atoms with Crippen LogP contribution in [0, 0.1) is 0 Å². The van der Waals surface area contributed by atoms with E-state index in [1.165, 1.54) is 23.1 Å². The SMILES string of the molecule is CCN(CC)C(C(=O)O)c1ccccc1C(F)(F)F. The second-order valence-electron chi connectivity index (χ2n) is 4.05. The summed E-state index contributed by atoms with van der Waals surface area (Å²) in [6, 6.07) is 3.53. The van der Waals surface area contributed by atoms with E-state index in [4.69, 9.17) is 0 Å². The summed E-state index contributed by atoms with van der Waals surface area (Å²) in [6.07, 6.45) is -4.56. The Bertz CT molecular complexity index is 442. The van der Waals surface area contributed by atoms with Crippen molar-refractivity contribution < 1.29 is 23.1 Å². The highest BCUT2D eigenvalue weighted by atomic mass is 19.4. The first kappa shape index (κ1) is 15.5. The highest BCUT2D eigenvalue weighted by Gasteiger charge is 2.38. The van der Waals surface area contributed by atoms with Crippen LogP contribution in [-0.2, 0) is 11.0 Å². The summed E-state index contributed by atoms with van der Waals surface area (Å²) < 4.78 is 38.8. The van der Waals surface area contributed by atoms with Crippen molar-refractivity contribution >= 4 is 5.97 Å². The molecule has 1 unspecified atom stereocenters. The summed E-state index contributed by atoms with van der Waals surface area (Å²) in [5.74, 6) is -1.28. The number of halogens is 3. The summed E-state index contributed by atoms with van der Waals surface area (Å²) in [5, 5.41) is 9.24. The summed E-state index contributed by atoms with van der Waals surface area (Å²) in [6.45, 7) is 4.16. The van der Waals surface area contributed by atoms with Gasteiger partial charge in [-0.15, -0.1) is 0 Å². The quantitative estimate of drug-likeness (QED) is 0.897. The smallest absolute Gasteiger partial charge is 0.416 e. The Morgan fingerprint density at radius 1 is 1.26 bits per heavy atom. The number of carbonyl (C=O) groups is 1. The molecule has 1 aromatic carbocycles. The van der Waals surface area contributed by atoms with Gasteiger partial charge in [-0.1, -0.05) is 32.0 Å². The average molecular weight is 275 g/mol. The minimum absolute atomic E-state index is 0.216. The van der Waals surface area contributed by atoms with Crippen LogP contribution in [-0.4, -0.2) is 29.1 Å². The van der Waals surface area contributed by atoms with E-state index in [9.17, 15) is 23.1 Å². The molecule has 0 aliphatic carbocycles. The molecular formula is C13H16F3NO2. The molecule has 0 fully saturated rings. The van der Waals surface area contributed by atoms with Crippen LogP contribution in [0.5, 0.6) is 0 Å². The number of alkyl halides is 3. The number of likely N-dealkylation sites (N-methyl/N-ethyl adjacent to an activating group) is 1. The van der Waals surface area contributed by atoms with Crippen molar-refractivity contribution in [1.29, 1.82) is 0 Å². The largest absolute Gasteiger partial charge is 0.480 e. The molecule has 1 rings (SSSR count). The molecule has 0 aliphatic rings. The minimum Gasteiger partial charge on any atom is -0.480 e. The van der Waals surface area contributed by atoms with Gasteiger partial charge >= 0.3 is 12.1 Å². The average Bonchev–Trinajstić information content (AvgIpc) is 2.34. The van der Waals surface area contributed by atoms with Crippen molar-refractivity contribution in [1.82, 2.24) is 4.90 Å². The van der Waals surface area contributed by atoms with Crippen molar-refractivity contribution in [2.75, 3.05) is 13.1 Å². The van der Waals surface area contributed by atoms with Crippen LogP contribution in [0.4, 0.5) is 13.2 Å². The molecule has 0 aromatic heterocycles. The normalized spacial score (nSPS) is 13.6. The van der Waals surface area contributed by atoms with Gasteiger partial charge < -0.3 is 5.11 Å². The Morgan fingerprint density at radius 2 is 1.79 bits per heavy atom. The van der Waals surface area contributed by atoms with Crippen molar-refractivity contribution in [3.63, 3.8) is 0 Å². The molecular weight excluding hydrogens is 259 g/mol. The van der Waals surface area contributed by atoms with Gasteiger partial charge in [-0.05, 0) is 24.7 Å². The number of rotatable bonds is 5. The lowest BCUT2D eigenvalue weighted by atomic mass is 9.98. The predicted molar refractivity (Wildman–Crippen MR) is 64.7 cm³/mol. The fourth-order valence-corrected chi connectivity index (χ4v) is 2.07. The van der Waals surface area contributed by atoms with Gasteiger partial charge in [0.05, 0.1) is 5.56 Å². The van der Waals surface area contributed by atoms with E-state index in [0.717, 1.165) is 6.07 Å². The number of nitrogens with zero attached hydrogens (tertiary/aromatic N) is 1. The molecule has 0 radical (unpaired) electrons. The molecule has 106 valence electrons. The molecule has 0 bridgehead atoms. The van der Waals surface area contributed by atoms with Crippen LogP contribution in [0.2, 0.25) is 0 Å². The molecule has 6 heteroatoms. The second-order valence-corrected chi connectivity index (χ2v) is 4.05. The van der Waals surface area contributed by atoms with Gasteiger partial charge in [0.15, 0.2) is 0 Å². The van der Waals surface area contributed by atoms with Crippen LogP contribution in [0.3, 0.4) is 0 Å². The summed E-state index contributed by atoms with van der Waals surface area (Å²) >= 11 is 0. The number of hydrogen-bond donors (Lipinski definition) is 1. The van der Waals surface area contributed by atoms with Gasteiger partial charge in [0.25, 0.3) is 0 Å². The van der Waals surface area contributed by atoms with Gasteiger partial charge in [0.2, 0.25) is 0 Å². The predicted octanol–water partition coefficient (Wildman–Crippen LogP) is 3.17. The lowest BCUT2D eigenvalue weighted by Gasteiger charge is -2.28. The van der Waals surface area contributed by atoms with Crippen LogP contribution in [0.25, 0.3) is 0 Å². The van der Waals surface area contributed by atoms with E-state index < -0.39 is 23.8 Å². The maximum Gasteiger partial charge on any atom is 0.416 e. The standard InChI is InChI=1S/C13H16F3NO2/c1-3-17(4-2)11(12(18)19)9-7-5-6-8-10(9)13(14,15)16/h5-8,11H,3-4H2,1-2H3,(H,18,19). The van der Waals surface area contributed by atoms with E-state index in [-0.39, 0.29) is 5.56 Å². The Labute approximate surface area is 109 Å². The van der Waals surface area contributed by atoms with Crippen LogP contribution < -0.4 is 0 Å². The third-order valence-corrected chi connectivity index (χ3v) is 2.97. The number of carboxylic acid groups (broad SMARTS) is 1. The zero-order chi connectivity index (χ0) is 14.6. The molecule has 0 heterocycles. The van der Waals surface area contributed by atoms with E-state index in [0.29, 0.717) is 13.1 Å². The van der Waals surface area contributed by atoms with Crippen molar-refractivity contribution in [3.05, 3.63) is 35.4 Å². The van der Waals surface area contributed by atoms with E-state index in [1.807, 2.05) is 0 Å².